The number of anilines is 1. The van der Waals surface area contributed by atoms with Gasteiger partial charge in [0.2, 0.25) is 0 Å². The maximum absolute atomic E-state index is 5.66. The lowest BCUT2D eigenvalue weighted by molar-refractivity contribution is 0.171. The molecule has 2 aromatic rings. The van der Waals surface area contributed by atoms with Crippen LogP contribution < -0.4 is 14.4 Å². The average Bonchev–Trinajstić information content (AvgIpc) is 2.96. The van der Waals surface area contributed by atoms with Crippen LogP contribution in [0.1, 0.15) is 12.6 Å². The molecule has 6 heteroatoms. The molecule has 1 aliphatic rings. The molecule has 0 fully saturated rings. The van der Waals surface area contributed by atoms with Gasteiger partial charge in [-0.05, 0) is 25.3 Å². The molecule has 3 rings (SSSR count). The van der Waals surface area contributed by atoms with Crippen LogP contribution in [0.15, 0.2) is 29.6 Å². The molecule has 0 N–H and O–H groups in total. The monoisotopic (exact) mass is 319 g/mol. The first-order valence-corrected chi connectivity index (χ1v) is 8.64. The van der Waals surface area contributed by atoms with Crippen LogP contribution in [0.4, 0.5) is 5.69 Å². The van der Waals surface area contributed by atoms with Crippen LogP contribution in [0.5, 0.6) is 11.5 Å². The van der Waals surface area contributed by atoms with E-state index in [-0.39, 0.29) is 0 Å². The van der Waals surface area contributed by atoms with Crippen LogP contribution in [0, 0.1) is 0 Å². The van der Waals surface area contributed by atoms with E-state index >= 15 is 0 Å². The molecule has 0 amide bonds. The zero-order valence-electron chi connectivity index (χ0n) is 13.2. The SMILES string of the molecule is CCn1c(CN(C)c2ccc3c(c2)OCCO3)cnc1SC. The highest BCUT2D eigenvalue weighted by Gasteiger charge is 2.15. The van der Waals surface area contributed by atoms with Crippen molar-refractivity contribution in [1.29, 1.82) is 0 Å². The van der Waals surface area contributed by atoms with Crippen molar-refractivity contribution in [2.75, 3.05) is 31.4 Å². The van der Waals surface area contributed by atoms with Crippen LogP contribution in [0.2, 0.25) is 0 Å². The zero-order chi connectivity index (χ0) is 15.5. The maximum atomic E-state index is 5.66. The number of hydrogen-bond acceptors (Lipinski definition) is 5. The third kappa shape index (κ3) is 2.88. The molecule has 22 heavy (non-hydrogen) atoms. The van der Waals surface area contributed by atoms with Gasteiger partial charge in [0.15, 0.2) is 16.7 Å². The summed E-state index contributed by atoms with van der Waals surface area (Å²) in [6, 6.07) is 6.08. The second-order valence-corrected chi connectivity index (χ2v) is 5.94. The number of rotatable bonds is 5. The molecule has 0 bridgehead atoms. The fourth-order valence-electron chi connectivity index (χ4n) is 2.62. The van der Waals surface area contributed by atoms with Crippen molar-refractivity contribution in [3.05, 3.63) is 30.1 Å². The standard InChI is InChI=1S/C16H21N3O2S/c1-4-19-13(10-17-16(19)22-3)11-18(2)12-5-6-14-15(9-12)21-8-7-20-14/h5-6,9-10H,4,7-8,11H2,1-3H3. The second-order valence-electron chi connectivity index (χ2n) is 5.16. The molecule has 5 nitrogen and oxygen atoms in total. The van der Waals surface area contributed by atoms with Gasteiger partial charge in [-0.1, -0.05) is 11.8 Å². The van der Waals surface area contributed by atoms with E-state index in [0.29, 0.717) is 13.2 Å². The first-order chi connectivity index (χ1) is 10.7. The highest BCUT2D eigenvalue weighted by atomic mass is 32.2. The molecule has 0 saturated carbocycles. The molecule has 2 heterocycles. The summed E-state index contributed by atoms with van der Waals surface area (Å²) in [4.78, 5) is 6.68. The van der Waals surface area contributed by atoms with Gasteiger partial charge in [0.1, 0.15) is 13.2 Å². The Hall–Kier alpha value is -1.82. The lowest BCUT2D eigenvalue weighted by Crippen LogP contribution is -2.20. The van der Waals surface area contributed by atoms with Gasteiger partial charge in [-0.15, -0.1) is 0 Å². The predicted octanol–water partition coefficient (Wildman–Crippen LogP) is 3.03. The summed E-state index contributed by atoms with van der Waals surface area (Å²) in [6.07, 6.45) is 4.02. The third-order valence-corrected chi connectivity index (χ3v) is 4.46. The normalized spacial score (nSPS) is 13.2. The molecule has 0 radical (unpaired) electrons. The number of ether oxygens (including phenoxy) is 2. The summed E-state index contributed by atoms with van der Waals surface area (Å²) in [5.74, 6) is 1.65. The Balaban J connectivity index is 1.79. The van der Waals surface area contributed by atoms with Crippen molar-refractivity contribution < 1.29 is 9.47 Å². The zero-order valence-corrected chi connectivity index (χ0v) is 14.0. The summed E-state index contributed by atoms with van der Waals surface area (Å²) >= 11 is 1.68. The quantitative estimate of drug-likeness (QED) is 0.792. The first kappa shape index (κ1) is 15.1. The van der Waals surface area contributed by atoms with Crippen LogP contribution in [0.3, 0.4) is 0 Å². The maximum Gasteiger partial charge on any atom is 0.167 e. The van der Waals surface area contributed by atoms with E-state index in [1.807, 2.05) is 18.3 Å². The van der Waals surface area contributed by atoms with Crippen molar-refractivity contribution in [3.8, 4) is 11.5 Å². The highest BCUT2D eigenvalue weighted by molar-refractivity contribution is 7.98. The van der Waals surface area contributed by atoms with Gasteiger partial charge in [-0.2, -0.15) is 0 Å². The summed E-state index contributed by atoms with van der Waals surface area (Å²) in [5.41, 5.74) is 2.32. The highest BCUT2D eigenvalue weighted by Crippen LogP contribution is 2.34. The van der Waals surface area contributed by atoms with Gasteiger partial charge in [-0.3, -0.25) is 0 Å². The van der Waals surface area contributed by atoms with E-state index in [2.05, 4.69) is 40.7 Å². The minimum atomic E-state index is 0.611. The van der Waals surface area contributed by atoms with Crippen molar-refractivity contribution in [2.45, 2.75) is 25.2 Å². The number of fused-ring (bicyclic) bond motifs is 1. The Labute approximate surface area is 135 Å². The number of benzene rings is 1. The number of aromatic nitrogens is 2. The number of nitrogens with zero attached hydrogens (tertiary/aromatic N) is 3. The Morgan fingerprint density at radius 1 is 1.27 bits per heavy atom. The fourth-order valence-corrected chi connectivity index (χ4v) is 3.25. The minimum absolute atomic E-state index is 0.611. The third-order valence-electron chi connectivity index (χ3n) is 3.77. The summed E-state index contributed by atoms with van der Waals surface area (Å²) in [6.45, 7) is 5.12. The topological polar surface area (TPSA) is 39.5 Å². The summed E-state index contributed by atoms with van der Waals surface area (Å²) in [5, 5.41) is 1.06. The molecule has 0 unspecified atom stereocenters. The Kier molecular flexibility index (Phi) is 4.47. The van der Waals surface area contributed by atoms with Gasteiger partial charge in [0.05, 0.1) is 18.4 Å². The van der Waals surface area contributed by atoms with Gasteiger partial charge in [-0.25, -0.2) is 4.98 Å². The van der Waals surface area contributed by atoms with Crippen LogP contribution in [0.25, 0.3) is 0 Å². The van der Waals surface area contributed by atoms with Crippen molar-refractivity contribution in [2.24, 2.45) is 0 Å². The molecule has 0 atom stereocenters. The van der Waals surface area contributed by atoms with E-state index in [1.165, 1.54) is 5.69 Å². The Morgan fingerprint density at radius 3 is 2.77 bits per heavy atom. The molecular weight excluding hydrogens is 298 g/mol. The van der Waals surface area contributed by atoms with Crippen LogP contribution in [-0.2, 0) is 13.1 Å². The van der Waals surface area contributed by atoms with E-state index in [4.69, 9.17) is 9.47 Å². The number of hydrogen-bond donors (Lipinski definition) is 0. The molecule has 1 aliphatic heterocycles. The molecular formula is C16H21N3O2S. The van der Waals surface area contributed by atoms with Crippen molar-refractivity contribution in [1.82, 2.24) is 9.55 Å². The predicted molar refractivity (Wildman–Crippen MR) is 89.2 cm³/mol. The summed E-state index contributed by atoms with van der Waals surface area (Å²) < 4.78 is 13.5. The molecule has 1 aromatic heterocycles. The fraction of sp³-hybridized carbons (Fsp3) is 0.438. The van der Waals surface area contributed by atoms with Crippen LogP contribution >= 0.6 is 11.8 Å². The van der Waals surface area contributed by atoms with Gasteiger partial charge in [0.25, 0.3) is 0 Å². The number of imidazole rings is 1. The van der Waals surface area contributed by atoms with Crippen molar-refractivity contribution >= 4 is 17.4 Å². The minimum Gasteiger partial charge on any atom is -0.486 e. The van der Waals surface area contributed by atoms with Crippen molar-refractivity contribution in [3.63, 3.8) is 0 Å². The lowest BCUT2D eigenvalue weighted by Gasteiger charge is -2.23. The van der Waals surface area contributed by atoms with E-state index < -0.39 is 0 Å². The molecule has 118 valence electrons. The van der Waals surface area contributed by atoms with Gasteiger partial charge in [0, 0.05) is 25.3 Å². The van der Waals surface area contributed by atoms with E-state index in [0.717, 1.165) is 35.4 Å². The Bertz CT molecular complexity index is 657. The van der Waals surface area contributed by atoms with E-state index in [1.54, 1.807) is 11.8 Å². The first-order valence-electron chi connectivity index (χ1n) is 7.42. The lowest BCUT2D eigenvalue weighted by atomic mass is 10.2. The second kappa shape index (κ2) is 6.52. The van der Waals surface area contributed by atoms with E-state index in [9.17, 15) is 0 Å². The molecule has 0 aliphatic carbocycles. The van der Waals surface area contributed by atoms with Crippen LogP contribution in [-0.4, -0.2) is 36.1 Å². The summed E-state index contributed by atoms with van der Waals surface area (Å²) in [7, 11) is 2.08. The molecule has 1 aromatic carbocycles. The largest absolute Gasteiger partial charge is 0.486 e. The van der Waals surface area contributed by atoms with Gasteiger partial charge >= 0.3 is 0 Å². The molecule has 0 saturated heterocycles. The average molecular weight is 319 g/mol. The van der Waals surface area contributed by atoms with Gasteiger partial charge < -0.3 is 18.9 Å². The number of thioether (sulfide) groups is 1. The molecule has 0 spiro atoms. The smallest absolute Gasteiger partial charge is 0.167 e. The Morgan fingerprint density at radius 2 is 2.05 bits per heavy atom.